The van der Waals surface area contributed by atoms with Gasteiger partial charge in [0.25, 0.3) is 0 Å². The normalized spacial score (nSPS) is 13.2. The van der Waals surface area contributed by atoms with Gasteiger partial charge in [0, 0.05) is 6.08 Å². The van der Waals surface area contributed by atoms with Crippen LogP contribution in [0.1, 0.15) is 40.0 Å². The van der Waals surface area contributed by atoms with Gasteiger partial charge in [0.15, 0.2) is 0 Å². The summed E-state index contributed by atoms with van der Waals surface area (Å²) in [5, 5.41) is 0. The van der Waals surface area contributed by atoms with E-state index >= 15 is 0 Å². The third kappa shape index (κ3) is 13.3. The molecule has 0 spiro atoms. The van der Waals surface area contributed by atoms with Gasteiger partial charge in [0.2, 0.25) is 0 Å². The first-order valence-electron chi connectivity index (χ1n) is 5.36. The van der Waals surface area contributed by atoms with Gasteiger partial charge in [0.05, 0.1) is 0 Å². The molecule has 3 heteroatoms. The highest BCUT2D eigenvalue weighted by Crippen LogP contribution is 2.20. The summed E-state index contributed by atoms with van der Waals surface area (Å²) in [6.45, 7) is 9.41. The Bertz CT molecular complexity index is 168. The van der Waals surface area contributed by atoms with Gasteiger partial charge in [-0.05, 0) is 25.2 Å². The molecule has 0 heterocycles. The SMILES string of the molecule is C=CCCC(C=CC(F)(F)F)CC.CC. The summed E-state index contributed by atoms with van der Waals surface area (Å²) in [4.78, 5) is 0. The Balaban J connectivity index is 0. The predicted octanol–water partition coefficient (Wildman–Crippen LogP) is 5.12. The maximum atomic E-state index is 11.8. The lowest BCUT2D eigenvalue weighted by atomic mass is 10.00. The average Bonchev–Trinajstić information content (AvgIpc) is 2.20. The smallest absolute Gasteiger partial charge is 0.167 e. The van der Waals surface area contributed by atoms with Crippen molar-refractivity contribution in [2.75, 3.05) is 0 Å². The quantitative estimate of drug-likeness (QED) is 0.566. The Morgan fingerprint density at radius 2 is 1.80 bits per heavy atom. The van der Waals surface area contributed by atoms with Gasteiger partial charge in [-0.2, -0.15) is 13.2 Å². The molecule has 1 unspecified atom stereocenters. The molecule has 0 aliphatic heterocycles. The highest BCUT2D eigenvalue weighted by molar-refractivity contribution is 4.93. The summed E-state index contributed by atoms with van der Waals surface area (Å²) in [5.41, 5.74) is 0. The summed E-state index contributed by atoms with van der Waals surface area (Å²) in [7, 11) is 0. The summed E-state index contributed by atoms with van der Waals surface area (Å²) in [6.07, 6.45) is 1.35. The predicted molar refractivity (Wildman–Crippen MR) is 59.8 cm³/mol. The maximum Gasteiger partial charge on any atom is 0.409 e. The van der Waals surface area contributed by atoms with Crippen LogP contribution in [-0.4, -0.2) is 6.18 Å². The van der Waals surface area contributed by atoms with Crippen LogP contribution in [0.25, 0.3) is 0 Å². The molecule has 0 nitrogen and oxygen atoms in total. The fourth-order valence-electron chi connectivity index (χ4n) is 1.01. The molecular formula is C12H21F3. The van der Waals surface area contributed by atoms with E-state index in [0.29, 0.717) is 6.08 Å². The number of alkyl halides is 3. The molecule has 0 rings (SSSR count). The minimum Gasteiger partial charge on any atom is -0.167 e. The van der Waals surface area contributed by atoms with E-state index in [1.54, 1.807) is 6.08 Å². The molecule has 0 fully saturated rings. The fourth-order valence-corrected chi connectivity index (χ4v) is 1.01. The molecule has 0 aromatic rings. The molecule has 15 heavy (non-hydrogen) atoms. The molecule has 0 saturated carbocycles. The van der Waals surface area contributed by atoms with Crippen LogP contribution < -0.4 is 0 Å². The van der Waals surface area contributed by atoms with Crippen molar-refractivity contribution in [3.63, 3.8) is 0 Å². The van der Waals surface area contributed by atoms with Crippen LogP contribution in [0.15, 0.2) is 24.8 Å². The monoisotopic (exact) mass is 222 g/mol. The lowest BCUT2D eigenvalue weighted by Crippen LogP contribution is -2.03. The lowest BCUT2D eigenvalue weighted by Gasteiger charge is -2.08. The number of hydrogen-bond donors (Lipinski definition) is 0. The third-order valence-corrected chi connectivity index (χ3v) is 1.82. The molecule has 0 aliphatic carbocycles. The topological polar surface area (TPSA) is 0 Å². The van der Waals surface area contributed by atoms with Crippen LogP contribution in [0.3, 0.4) is 0 Å². The van der Waals surface area contributed by atoms with E-state index in [2.05, 4.69) is 6.58 Å². The van der Waals surface area contributed by atoms with E-state index in [9.17, 15) is 13.2 Å². The molecule has 0 aromatic carbocycles. The zero-order valence-electron chi connectivity index (χ0n) is 9.77. The number of rotatable bonds is 5. The van der Waals surface area contributed by atoms with Crippen LogP contribution in [0.5, 0.6) is 0 Å². The number of allylic oxidation sites excluding steroid dienone is 3. The van der Waals surface area contributed by atoms with Gasteiger partial charge in [-0.25, -0.2) is 0 Å². The van der Waals surface area contributed by atoms with Gasteiger partial charge < -0.3 is 0 Å². The molecular weight excluding hydrogens is 201 g/mol. The van der Waals surface area contributed by atoms with Crippen molar-refractivity contribution < 1.29 is 13.2 Å². The molecule has 0 aromatic heterocycles. The standard InChI is InChI=1S/C10H15F3.C2H6/c1-3-5-6-9(4-2)7-8-10(11,12)13;1-2/h3,7-9H,1,4-6H2,2H3;1-2H3. The molecule has 0 radical (unpaired) electrons. The van der Waals surface area contributed by atoms with E-state index in [-0.39, 0.29) is 5.92 Å². The van der Waals surface area contributed by atoms with Crippen LogP contribution in [0, 0.1) is 5.92 Å². The molecule has 1 atom stereocenters. The summed E-state index contributed by atoms with van der Waals surface area (Å²) < 4.78 is 35.3. The zero-order valence-corrected chi connectivity index (χ0v) is 9.77. The van der Waals surface area contributed by atoms with E-state index in [1.807, 2.05) is 20.8 Å². The maximum absolute atomic E-state index is 11.8. The van der Waals surface area contributed by atoms with Crippen molar-refractivity contribution in [2.45, 2.75) is 46.2 Å². The van der Waals surface area contributed by atoms with E-state index < -0.39 is 6.18 Å². The second kappa shape index (κ2) is 9.81. The first-order valence-corrected chi connectivity index (χ1v) is 5.36. The summed E-state index contributed by atoms with van der Waals surface area (Å²) >= 11 is 0. The van der Waals surface area contributed by atoms with E-state index in [0.717, 1.165) is 19.3 Å². The summed E-state index contributed by atoms with van der Waals surface area (Å²) in [6, 6.07) is 0. The Morgan fingerprint density at radius 3 is 2.13 bits per heavy atom. The average molecular weight is 222 g/mol. The molecule has 0 amide bonds. The van der Waals surface area contributed by atoms with E-state index in [4.69, 9.17) is 0 Å². The first-order chi connectivity index (χ1) is 6.99. The largest absolute Gasteiger partial charge is 0.409 e. The van der Waals surface area contributed by atoms with Crippen LogP contribution in [0.4, 0.5) is 13.2 Å². The highest BCUT2D eigenvalue weighted by Gasteiger charge is 2.22. The Kier molecular flexibility index (Phi) is 10.9. The second-order valence-electron chi connectivity index (χ2n) is 2.94. The van der Waals surface area contributed by atoms with Crippen molar-refractivity contribution in [1.29, 1.82) is 0 Å². The fraction of sp³-hybridized carbons (Fsp3) is 0.667. The van der Waals surface area contributed by atoms with Gasteiger partial charge in [-0.3, -0.25) is 0 Å². The molecule has 0 N–H and O–H groups in total. The second-order valence-corrected chi connectivity index (χ2v) is 2.94. The van der Waals surface area contributed by atoms with Crippen LogP contribution in [0.2, 0.25) is 0 Å². The van der Waals surface area contributed by atoms with Crippen molar-refractivity contribution >= 4 is 0 Å². The van der Waals surface area contributed by atoms with Crippen LogP contribution in [-0.2, 0) is 0 Å². The number of hydrogen-bond acceptors (Lipinski definition) is 0. The van der Waals surface area contributed by atoms with Crippen molar-refractivity contribution in [3.05, 3.63) is 24.8 Å². The van der Waals surface area contributed by atoms with Gasteiger partial charge in [-0.1, -0.05) is 32.9 Å². The molecule has 0 bridgehead atoms. The third-order valence-electron chi connectivity index (χ3n) is 1.82. The molecule has 0 saturated heterocycles. The van der Waals surface area contributed by atoms with Gasteiger partial charge >= 0.3 is 6.18 Å². The van der Waals surface area contributed by atoms with Gasteiger partial charge in [0.1, 0.15) is 0 Å². The van der Waals surface area contributed by atoms with Crippen LogP contribution >= 0.6 is 0 Å². The lowest BCUT2D eigenvalue weighted by molar-refractivity contribution is -0.0802. The molecule has 90 valence electrons. The van der Waals surface area contributed by atoms with Crippen molar-refractivity contribution in [3.8, 4) is 0 Å². The Labute approximate surface area is 90.9 Å². The zero-order chi connectivity index (χ0) is 12.3. The summed E-state index contributed by atoms with van der Waals surface area (Å²) in [5.74, 6) is 0.0135. The number of halogens is 3. The van der Waals surface area contributed by atoms with Crippen molar-refractivity contribution in [2.24, 2.45) is 5.92 Å². The highest BCUT2D eigenvalue weighted by atomic mass is 19.4. The molecule has 0 aliphatic rings. The first kappa shape index (κ1) is 16.7. The van der Waals surface area contributed by atoms with Gasteiger partial charge in [-0.15, -0.1) is 6.58 Å². The Morgan fingerprint density at radius 1 is 1.27 bits per heavy atom. The van der Waals surface area contributed by atoms with E-state index in [1.165, 1.54) is 6.08 Å². The minimum absolute atomic E-state index is 0.0135. The Hall–Kier alpha value is -0.730. The minimum atomic E-state index is -4.18. The van der Waals surface area contributed by atoms with Crippen molar-refractivity contribution in [1.82, 2.24) is 0 Å².